The molecule has 5 heteroatoms. The van der Waals surface area contributed by atoms with E-state index in [4.69, 9.17) is 0 Å². The molecule has 0 aliphatic carbocycles. The van der Waals surface area contributed by atoms with Gasteiger partial charge in [0.05, 0.1) is 6.04 Å². The van der Waals surface area contributed by atoms with Gasteiger partial charge >= 0.3 is 0 Å². The summed E-state index contributed by atoms with van der Waals surface area (Å²) >= 11 is 0. The summed E-state index contributed by atoms with van der Waals surface area (Å²) in [7, 11) is 0. The lowest BCUT2D eigenvalue weighted by molar-refractivity contribution is -0.122. The summed E-state index contributed by atoms with van der Waals surface area (Å²) in [6.07, 6.45) is 1.58. The molecule has 2 N–H and O–H groups in total. The van der Waals surface area contributed by atoms with Crippen LogP contribution >= 0.6 is 0 Å². The van der Waals surface area contributed by atoms with Gasteiger partial charge in [0.2, 0.25) is 5.91 Å². The van der Waals surface area contributed by atoms with Gasteiger partial charge in [0.25, 0.3) is 0 Å². The van der Waals surface area contributed by atoms with Crippen molar-refractivity contribution in [2.24, 2.45) is 0 Å². The molecule has 0 bridgehead atoms. The van der Waals surface area contributed by atoms with E-state index in [1.165, 1.54) is 12.1 Å². The second-order valence-corrected chi connectivity index (χ2v) is 4.31. The van der Waals surface area contributed by atoms with Crippen LogP contribution in [0.1, 0.15) is 25.5 Å². The number of rotatable bonds is 6. The standard InChI is InChI=1S/C14H18F2N2O/c1-4-7-17-14(19)10(3)18-9(2)12-6-5-11(15)8-13(12)16/h4-6,8-10,18H,1,7H2,2-3H3,(H,17,19)/t9-,10-/m0/s1. The Morgan fingerprint density at radius 1 is 1.42 bits per heavy atom. The average molecular weight is 268 g/mol. The Hall–Kier alpha value is -1.75. The smallest absolute Gasteiger partial charge is 0.237 e. The van der Waals surface area contributed by atoms with Crippen LogP contribution in [0.15, 0.2) is 30.9 Å². The summed E-state index contributed by atoms with van der Waals surface area (Å²) in [5.74, 6) is -1.45. The van der Waals surface area contributed by atoms with E-state index in [1.54, 1.807) is 19.9 Å². The second kappa shape index (κ2) is 6.99. The lowest BCUT2D eigenvalue weighted by Crippen LogP contribution is -2.43. The van der Waals surface area contributed by atoms with Crippen LogP contribution in [0.5, 0.6) is 0 Å². The van der Waals surface area contributed by atoms with Crippen molar-refractivity contribution in [3.8, 4) is 0 Å². The Bertz CT molecular complexity index is 463. The van der Waals surface area contributed by atoms with Crippen LogP contribution in [0.4, 0.5) is 8.78 Å². The molecule has 1 aromatic rings. The lowest BCUT2D eigenvalue weighted by Gasteiger charge is -2.20. The van der Waals surface area contributed by atoms with Gasteiger partial charge in [-0.2, -0.15) is 0 Å². The molecule has 0 saturated heterocycles. The minimum Gasteiger partial charge on any atom is -0.351 e. The van der Waals surface area contributed by atoms with Crippen molar-refractivity contribution in [1.82, 2.24) is 10.6 Å². The van der Waals surface area contributed by atoms with E-state index in [0.717, 1.165) is 6.07 Å². The van der Waals surface area contributed by atoms with Crippen LogP contribution in [0.2, 0.25) is 0 Å². The van der Waals surface area contributed by atoms with Crippen LogP contribution in [0, 0.1) is 11.6 Å². The van der Waals surface area contributed by atoms with Gasteiger partial charge in [0, 0.05) is 24.2 Å². The van der Waals surface area contributed by atoms with Crippen molar-refractivity contribution in [3.63, 3.8) is 0 Å². The molecule has 1 amide bonds. The van der Waals surface area contributed by atoms with E-state index in [2.05, 4.69) is 17.2 Å². The molecule has 0 heterocycles. The topological polar surface area (TPSA) is 41.1 Å². The van der Waals surface area contributed by atoms with Crippen LogP contribution in [-0.4, -0.2) is 18.5 Å². The van der Waals surface area contributed by atoms with Crippen molar-refractivity contribution < 1.29 is 13.6 Å². The van der Waals surface area contributed by atoms with Crippen molar-refractivity contribution in [2.75, 3.05) is 6.54 Å². The predicted molar refractivity (Wildman–Crippen MR) is 70.6 cm³/mol. The van der Waals surface area contributed by atoms with E-state index in [-0.39, 0.29) is 5.91 Å². The summed E-state index contributed by atoms with van der Waals surface area (Å²) in [4.78, 5) is 11.6. The van der Waals surface area contributed by atoms with Gasteiger partial charge in [-0.05, 0) is 19.9 Å². The molecule has 0 aliphatic heterocycles. The van der Waals surface area contributed by atoms with Gasteiger partial charge in [0.1, 0.15) is 11.6 Å². The van der Waals surface area contributed by atoms with Crippen LogP contribution < -0.4 is 10.6 Å². The number of amides is 1. The van der Waals surface area contributed by atoms with Gasteiger partial charge in [-0.15, -0.1) is 6.58 Å². The molecule has 0 unspecified atom stereocenters. The Labute approximate surface area is 111 Å². The maximum absolute atomic E-state index is 13.6. The minimum atomic E-state index is -0.626. The van der Waals surface area contributed by atoms with Crippen molar-refractivity contribution >= 4 is 5.91 Å². The number of hydrogen-bond acceptors (Lipinski definition) is 2. The summed E-state index contributed by atoms with van der Waals surface area (Å²) in [5, 5.41) is 5.60. The number of carbonyl (C=O) groups excluding carboxylic acids is 1. The number of hydrogen-bond donors (Lipinski definition) is 2. The fraction of sp³-hybridized carbons (Fsp3) is 0.357. The molecule has 1 rings (SSSR count). The molecule has 104 valence electrons. The van der Waals surface area contributed by atoms with E-state index in [9.17, 15) is 13.6 Å². The molecule has 1 aromatic carbocycles. The maximum Gasteiger partial charge on any atom is 0.237 e. The number of halogens is 2. The highest BCUT2D eigenvalue weighted by Crippen LogP contribution is 2.18. The molecule has 2 atom stereocenters. The molecule has 0 fully saturated rings. The van der Waals surface area contributed by atoms with Gasteiger partial charge in [-0.25, -0.2) is 8.78 Å². The highest BCUT2D eigenvalue weighted by molar-refractivity contribution is 5.81. The Kier molecular flexibility index (Phi) is 5.63. The molecule has 0 saturated carbocycles. The fourth-order valence-corrected chi connectivity index (χ4v) is 1.72. The van der Waals surface area contributed by atoms with Crippen LogP contribution in [0.3, 0.4) is 0 Å². The lowest BCUT2D eigenvalue weighted by atomic mass is 10.1. The second-order valence-electron chi connectivity index (χ2n) is 4.31. The third-order valence-corrected chi connectivity index (χ3v) is 2.74. The summed E-state index contributed by atoms with van der Waals surface area (Å²) in [6.45, 7) is 7.27. The molecule has 0 aromatic heterocycles. The summed E-state index contributed by atoms with van der Waals surface area (Å²) in [6, 6.07) is 2.51. The first kappa shape index (κ1) is 15.3. The molecule has 0 aliphatic rings. The van der Waals surface area contributed by atoms with Gasteiger partial charge in [-0.1, -0.05) is 12.1 Å². The molecule has 0 radical (unpaired) electrons. The minimum absolute atomic E-state index is 0.200. The molecule has 19 heavy (non-hydrogen) atoms. The van der Waals surface area contributed by atoms with Crippen LogP contribution in [-0.2, 0) is 4.79 Å². The molecule has 0 spiro atoms. The fourth-order valence-electron chi connectivity index (χ4n) is 1.72. The monoisotopic (exact) mass is 268 g/mol. The summed E-state index contributed by atoms with van der Waals surface area (Å²) < 4.78 is 26.4. The van der Waals surface area contributed by atoms with Crippen molar-refractivity contribution in [2.45, 2.75) is 25.9 Å². The number of carbonyl (C=O) groups is 1. The maximum atomic E-state index is 13.6. The first-order valence-corrected chi connectivity index (χ1v) is 6.05. The highest BCUT2D eigenvalue weighted by Gasteiger charge is 2.18. The van der Waals surface area contributed by atoms with Crippen molar-refractivity contribution in [3.05, 3.63) is 48.1 Å². The third kappa shape index (κ3) is 4.44. The average Bonchev–Trinajstić information content (AvgIpc) is 2.35. The normalized spacial score (nSPS) is 13.7. The van der Waals surface area contributed by atoms with E-state index >= 15 is 0 Å². The van der Waals surface area contributed by atoms with E-state index in [1.807, 2.05) is 0 Å². The Morgan fingerprint density at radius 2 is 2.11 bits per heavy atom. The van der Waals surface area contributed by atoms with Gasteiger partial charge in [0.15, 0.2) is 0 Å². The molecule has 3 nitrogen and oxygen atoms in total. The first-order valence-electron chi connectivity index (χ1n) is 6.05. The van der Waals surface area contributed by atoms with Crippen LogP contribution in [0.25, 0.3) is 0 Å². The number of benzene rings is 1. The predicted octanol–water partition coefficient (Wildman–Crippen LogP) is 2.31. The largest absolute Gasteiger partial charge is 0.351 e. The summed E-state index contributed by atoms with van der Waals surface area (Å²) in [5.41, 5.74) is 0.324. The van der Waals surface area contributed by atoms with Gasteiger partial charge in [-0.3, -0.25) is 10.1 Å². The van der Waals surface area contributed by atoms with Gasteiger partial charge < -0.3 is 5.32 Å². The van der Waals surface area contributed by atoms with E-state index in [0.29, 0.717) is 12.1 Å². The molecular weight excluding hydrogens is 250 g/mol. The van der Waals surface area contributed by atoms with E-state index < -0.39 is 23.7 Å². The Morgan fingerprint density at radius 3 is 2.68 bits per heavy atom. The van der Waals surface area contributed by atoms with Crippen molar-refractivity contribution in [1.29, 1.82) is 0 Å². The zero-order valence-electron chi connectivity index (χ0n) is 11.0. The first-order chi connectivity index (χ1) is 8.95. The zero-order chi connectivity index (χ0) is 14.4. The zero-order valence-corrected chi connectivity index (χ0v) is 11.0. The quantitative estimate of drug-likeness (QED) is 0.777. The number of nitrogens with one attached hydrogen (secondary N) is 2. The third-order valence-electron chi connectivity index (χ3n) is 2.74. The molecular formula is C14H18F2N2O. The highest BCUT2D eigenvalue weighted by atomic mass is 19.1. The SMILES string of the molecule is C=CCNC(=O)[C@H](C)N[C@@H](C)c1ccc(F)cc1F. The Balaban J connectivity index is 2.65.